The maximum Gasteiger partial charge on any atom is 0.0599 e. The molecule has 1 heterocycles. The zero-order chi connectivity index (χ0) is 10.6. The first-order valence-electron chi connectivity index (χ1n) is 5.72. The van der Waals surface area contributed by atoms with E-state index in [9.17, 15) is 5.11 Å². The fourth-order valence-corrected chi connectivity index (χ4v) is 2.03. The Balaban J connectivity index is 2.42. The van der Waals surface area contributed by atoms with E-state index in [0.29, 0.717) is 12.1 Å². The van der Waals surface area contributed by atoms with Crippen LogP contribution < -0.4 is 5.32 Å². The predicted molar refractivity (Wildman–Crippen MR) is 59.4 cm³/mol. The maximum absolute atomic E-state index is 9.26. The molecule has 0 aliphatic carbocycles. The Hall–Kier alpha value is -0.120. The number of aliphatic hydroxyl groups is 1. The average Bonchev–Trinajstić information content (AvgIpc) is 2.15. The topological polar surface area (TPSA) is 35.5 Å². The van der Waals surface area contributed by atoms with Gasteiger partial charge >= 0.3 is 0 Å². The van der Waals surface area contributed by atoms with Gasteiger partial charge in [0.2, 0.25) is 0 Å². The fraction of sp³-hybridized carbons (Fsp3) is 1.00. The fourth-order valence-electron chi connectivity index (χ4n) is 2.03. The van der Waals surface area contributed by atoms with Gasteiger partial charge in [0, 0.05) is 25.2 Å². The Morgan fingerprint density at radius 3 is 2.71 bits per heavy atom. The summed E-state index contributed by atoms with van der Waals surface area (Å²) in [4.78, 5) is 2.44. The van der Waals surface area contributed by atoms with E-state index in [1.807, 2.05) is 0 Å². The SMILES string of the molecule is CC(C)CCN1C(C)CNCC1CO. The normalized spacial score (nSPS) is 29.8. The summed E-state index contributed by atoms with van der Waals surface area (Å²) < 4.78 is 0. The van der Waals surface area contributed by atoms with E-state index in [2.05, 4.69) is 31.0 Å². The van der Waals surface area contributed by atoms with Gasteiger partial charge in [0.15, 0.2) is 0 Å². The molecule has 1 rings (SSSR count). The van der Waals surface area contributed by atoms with Gasteiger partial charge < -0.3 is 10.4 Å². The van der Waals surface area contributed by atoms with E-state index in [0.717, 1.165) is 25.6 Å². The number of hydrogen-bond donors (Lipinski definition) is 2. The molecule has 0 aromatic heterocycles. The van der Waals surface area contributed by atoms with Crippen LogP contribution in [0.1, 0.15) is 27.2 Å². The highest BCUT2D eigenvalue weighted by Crippen LogP contribution is 2.12. The number of piperazine rings is 1. The third-order valence-corrected chi connectivity index (χ3v) is 3.03. The van der Waals surface area contributed by atoms with Crippen molar-refractivity contribution in [1.29, 1.82) is 0 Å². The lowest BCUT2D eigenvalue weighted by atomic mass is 10.1. The smallest absolute Gasteiger partial charge is 0.0599 e. The van der Waals surface area contributed by atoms with Crippen LogP contribution in [-0.2, 0) is 0 Å². The van der Waals surface area contributed by atoms with E-state index in [1.54, 1.807) is 0 Å². The quantitative estimate of drug-likeness (QED) is 0.701. The standard InChI is InChI=1S/C11H24N2O/c1-9(2)4-5-13-10(3)6-12-7-11(13)8-14/h9-12,14H,4-8H2,1-3H3. The van der Waals surface area contributed by atoms with Gasteiger partial charge in [0.05, 0.1) is 6.61 Å². The van der Waals surface area contributed by atoms with Crippen molar-refractivity contribution >= 4 is 0 Å². The summed E-state index contributed by atoms with van der Waals surface area (Å²) in [6, 6.07) is 0.872. The second kappa shape index (κ2) is 5.69. The van der Waals surface area contributed by atoms with E-state index in [-0.39, 0.29) is 6.61 Å². The minimum Gasteiger partial charge on any atom is -0.395 e. The zero-order valence-corrected chi connectivity index (χ0v) is 9.66. The van der Waals surface area contributed by atoms with Crippen molar-refractivity contribution in [2.75, 3.05) is 26.2 Å². The molecule has 84 valence electrons. The third-order valence-electron chi connectivity index (χ3n) is 3.03. The van der Waals surface area contributed by atoms with Crippen LogP contribution in [0.5, 0.6) is 0 Å². The van der Waals surface area contributed by atoms with Crippen LogP contribution in [0, 0.1) is 5.92 Å². The van der Waals surface area contributed by atoms with Gasteiger partial charge in [-0.1, -0.05) is 13.8 Å². The first kappa shape index (κ1) is 12.0. The van der Waals surface area contributed by atoms with Crippen molar-refractivity contribution in [3.63, 3.8) is 0 Å². The van der Waals surface area contributed by atoms with Crippen LogP contribution in [0.2, 0.25) is 0 Å². The molecular formula is C11H24N2O. The van der Waals surface area contributed by atoms with Crippen molar-refractivity contribution in [1.82, 2.24) is 10.2 Å². The molecule has 2 unspecified atom stereocenters. The summed E-state index contributed by atoms with van der Waals surface area (Å²) in [6.45, 7) is 10.1. The first-order valence-corrected chi connectivity index (χ1v) is 5.72. The summed E-state index contributed by atoms with van der Waals surface area (Å²) >= 11 is 0. The molecule has 0 spiro atoms. The highest BCUT2D eigenvalue weighted by atomic mass is 16.3. The first-order chi connectivity index (χ1) is 6.65. The molecule has 1 fully saturated rings. The highest BCUT2D eigenvalue weighted by Gasteiger charge is 2.26. The Morgan fingerprint density at radius 1 is 1.43 bits per heavy atom. The van der Waals surface area contributed by atoms with Gasteiger partial charge in [-0.3, -0.25) is 4.90 Å². The molecule has 0 saturated carbocycles. The largest absolute Gasteiger partial charge is 0.395 e. The lowest BCUT2D eigenvalue weighted by Gasteiger charge is -2.40. The Bertz CT molecular complexity index is 161. The van der Waals surface area contributed by atoms with E-state index in [1.165, 1.54) is 6.42 Å². The molecule has 1 aliphatic rings. The molecule has 2 atom stereocenters. The van der Waals surface area contributed by atoms with Crippen molar-refractivity contribution in [3.05, 3.63) is 0 Å². The molecule has 0 radical (unpaired) electrons. The van der Waals surface area contributed by atoms with Crippen molar-refractivity contribution < 1.29 is 5.11 Å². The number of rotatable bonds is 4. The third kappa shape index (κ3) is 3.23. The van der Waals surface area contributed by atoms with Crippen LogP contribution in [0.3, 0.4) is 0 Å². The molecule has 1 aliphatic heterocycles. The highest BCUT2D eigenvalue weighted by molar-refractivity contribution is 4.84. The summed E-state index contributed by atoms with van der Waals surface area (Å²) in [6.07, 6.45) is 1.22. The number of nitrogens with zero attached hydrogens (tertiary/aromatic N) is 1. The Labute approximate surface area is 87.5 Å². The number of nitrogens with one attached hydrogen (secondary N) is 1. The molecule has 2 N–H and O–H groups in total. The molecule has 0 aromatic carbocycles. The van der Waals surface area contributed by atoms with Gasteiger partial charge in [0.25, 0.3) is 0 Å². The van der Waals surface area contributed by atoms with Gasteiger partial charge in [-0.2, -0.15) is 0 Å². The molecular weight excluding hydrogens is 176 g/mol. The Kier molecular flexibility index (Phi) is 4.85. The maximum atomic E-state index is 9.26. The summed E-state index contributed by atoms with van der Waals surface area (Å²) in [7, 11) is 0. The zero-order valence-electron chi connectivity index (χ0n) is 9.66. The molecule has 1 saturated heterocycles. The van der Waals surface area contributed by atoms with Crippen molar-refractivity contribution in [2.24, 2.45) is 5.92 Å². The van der Waals surface area contributed by atoms with Crippen LogP contribution in [-0.4, -0.2) is 48.3 Å². The minimum absolute atomic E-state index is 0.273. The van der Waals surface area contributed by atoms with Crippen LogP contribution in [0.25, 0.3) is 0 Å². The summed E-state index contributed by atoms with van der Waals surface area (Å²) in [5.41, 5.74) is 0. The lowest BCUT2D eigenvalue weighted by Crippen LogP contribution is -2.57. The average molecular weight is 200 g/mol. The molecule has 0 aromatic rings. The molecule has 0 bridgehead atoms. The van der Waals surface area contributed by atoms with Crippen molar-refractivity contribution in [3.8, 4) is 0 Å². The second-order valence-corrected chi connectivity index (χ2v) is 4.76. The van der Waals surface area contributed by atoms with Crippen LogP contribution >= 0.6 is 0 Å². The predicted octanol–water partition coefficient (Wildman–Crippen LogP) is 0.687. The number of hydrogen-bond acceptors (Lipinski definition) is 3. The summed E-state index contributed by atoms with van der Waals surface area (Å²) in [5, 5.41) is 12.6. The molecule has 3 nitrogen and oxygen atoms in total. The monoisotopic (exact) mass is 200 g/mol. The molecule has 14 heavy (non-hydrogen) atoms. The van der Waals surface area contributed by atoms with Crippen molar-refractivity contribution in [2.45, 2.75) is 39.3 Å². The van der Waals surface area contributed by atoms with Crippen LogP contribution in [0.4, 0.5) is 0 Å². The molecule has 0 amide bonds. The van der Waals surface area contributed by atoms with Gasteiger partial charge in [-0.05, 0) is 25.8 Å². The minimum atomic E-state index is 0.273. The van der Waals surface area contributed by atoms with E-state index < -0.39 is 0 Å². The van der Waals surface area contributed by atoms with Gasteiger partial charge in [-0.15, -0.1) is 0 Å². The molecule has 3 heteroatoms. The van der Waals surface area contributed by atoms with Gasteiger partial charge in [-0.25, -0.2) is 0 Å². The lowest BCUT2D eigenvalue weighted by molar-refractivity contribution is 0.0593. The van der Waals surface area contributed by atoms with Gasteiger partial charge in [0.1, 0.15) is 0 Å². The van der Waals surface area contributed by atoms with Crippen LogP contribution in [0.15, 0.2) is 0 Å². The van der Waals surface area contributed by atoms with E-state index >= 15 is 0 Å². The summed E-state index contributed by atoms with van der Waals surface area (Å²) in [5.74, 6) is 0.747. The Morgan fingerprint density at radius 2 is 2.14 bits per heavy atom. The van der Waals surface area contributed by atoms with E-state index in [4.69, 9.17) is 0 Å². The second-order valence-electron chi connectivity index (χ2n) is 4.76. The number of aliphatic hydroxyl groups excluding tert-OH is 1.